The highest BCUT2D eigenvalue weighted by Crippen LogP contribution is 2.60. The number of hydrogen-bond acceptors (Lipinski definition) is 3. The van der Waals surface area contributed by atoms with Crippen LogP contribution in [0, 0.1) is 11.8 Å². The Kier molecular flexibility index (Phi) is 1.82. The summed E-state index contributed by atoms with van der Waals surface area (Å²) in [5, 5.41) is 0. The first-order valence-electron chi connectivity index (χ1n) is 6.59. The Morgan fingerprint density at radius 1 is 1.16 bits per heavy atom. The first kappa shape index (κ1) is 11.0. The SMILES string of the molecule is CC1=C[C@H]2c3ccccc3[C@@]1(C)[C@H]1C(=O)OC(=O)[C@H]21. The lowest BCUT2D eigenvalue weighted by atomic mass is 9.50. The summed E-state index contributed by atoms with van der Waals surface area (Å²) < 4.78 is 4.92. The van der Waals surface area contributed by atoms with Gasteiger partial charge in [0, 0.05) is 11.3 Å². The van der Waals surface area contributed by atoms with Crippen molar-refractivity contribution >= 4 is 11.9 Å². The highest BCUT2D eigenvalue weighted by molar-refractivity contribution is 6.00. The van der Waals surface area contributed by atoms with Gasteiger partial charge in [0.25, 0.3) is 0 Å². The second kappa shape index (κ2) is 3.16. The monoisotopic (exact) mass is 254 g/mol. The van der Waals surface area contributed by atoms with Crippen LogP contribution in [0.3, 0.4) is 0 Å². The summed E-state index contributed by atoms with van der Waals surface area (Å²) in [7, 11) is 0. The minimum Gasteiger partial charge on any atom is -0.393 e. The molecular weight excluding hydrogens is 240 g/mol. The number of rotatable bonds is 0. The summed E-state index contributed by atoms with van der Waals surface area (Å²) in [6.07, 6.45) is 2.14. The van der Waals surface area contributed by atoms with E-state index < -0.39 is 5.41 Å². The van der Waals surface area contributed by atoms with Crippen molar-refractivity contribution in [2.24, 2.45) is 11.8 Å². The van der Waals surface area contributed by atoms with Crippen molar-refractivity contribution in [1.82, 2.24) is 0 Å². The molecule has 3 nitrogen and oxygen atoms in total. The fourth-order valence-corrected chi connectivity index (χ4v) is 4.18. The van der Waals surface area contributed by atoms with Crippen molar-refractivity contribution in [1.29, 1.82) is 0 Å². The number of ether oxygens (including phenoxy) is 1. The first-order valence-corrected chi connectivity index (χ1v) is 6.59. The van der Waals surface area contributed by atoms with Gasteiger partial charge in [0.05, 0.1) is 11.8 Å². The van der Waals surface area contributed by atoms with Crippen molar-refractivity contribution in [2.45, 2.75) is 25.2 Å². The third-order valence-electron chi connectivity index (χ3n) is 5.22. The van der Waals surface area contributed by atoms with Crippen LogP contribution < -0.4 is 0 Å². The molecule has 0 radical (unpaired) electrons. The number of cyclic esters (lactones) is 2. The molecule has 0 spiro atoms. The molecule has 1 aromatic carbocycles. The molecule has 0 saturated carbocycles. The van der Waals surface area contributed by atoms with Crippen LogP contribution in [-0.2, 0) is 19.7 Å². The maximum atomic E-state index is 12.1. The molecule has 96 valence electrons. The maximum Gasteiger partial charge on any atom is 0.318 e. The van der Waals surface area contributed by atoms with Gasteiger partial charge in [0.1, 0.15) is 0 Å². The highest BCUT2D eigenvalue weighted by Gasteiger charge is 2.63. The highest BCUT2D eigenvalue weighted by atomic mass is 16.6. The van der Waals surface area contributed by atoms with E-state index in [1.54, 1.807) is 0 Å². The molecule has 1 aliphatic heterocycles. The lowest BCUT2D eigenvalue weighted by Crippen LogP contribution is -2.49. The lowest BCUT2D eigenvalue weighted by molar-refractivity contribution is -0.154. The summed E-state index contributed by atoms with van der Waals surface area (Å²) in [5.41, 5.74) is 3.11. The normalized spacial score (nSPS) is 38.6. The fraction of sp³-hybridized carbons (Fsp3) is 0.375. The molecule has 1 aromatic rings. The standard InChI is InChI=1S/C16H14O3/c1-8-7-10-9-5-3-4-6-11(9)16(8,2)13-12(10)14(17)19-15(13)18/h3-7,10,12-13H,1-2H3/t10-,12+,13+,16-/m0/s1. The average molecular weight is 254 g/mol. The molecule has 1 saturated heterocycles. The number of allylic oxidation sites excluding steroid dienone is 2. The molecule has 19 heavy (non-hydrogen) atoms. The van der Waals surface area contributed by atoms with E-state index in [-0.39, 0.29) is 29.7 Å². The minimum atomic E-state index is -0.404. The Morgan fingerprint density at radius 3 is 2.68 bits per heavy atom. The van der Waals surface area contributed by atoms with Crippen LogP contribution >= 0.6 is 0 Å². The van der Waals surface area contributed by atoms with E-state index in [1.165, 1.54) is 16.7 Å². The molecule has 1 fully saturated rings. The Bertz CT molecular complexity index is 658. The Labute approximate surface area is 111 Å². The first-order chi connectivity index (χ1) is 9.05. The van der Waals surface area contributed by atoms with Crippen LogP contribution in [0.4, 0.5) is 0 Å². The predicted molar refractivity (Wildman–Crippen MR) is 68.4 cm³/mol. The predicted octanol–water partition coefficient (Wildman–Crippen LogP) is 2.32. The largest absolute Gasteiger partial charge is 0.393 e. The van der Waals surface area contributed by atoms with Gasteiger partial charge in [0.2, 0.25) is 0 Å². The third kappa shape index (κ3) is 1.05. The number of esters is 2. The van der Waals surface area contributed by atoms with Crippen LogP contribution in [0.15, 0.2) is 35.9 Å². The Balaban J connectivity index is 2.07. The van der Waals surface area contributed by atoms with Crippen LogP contribution in [0.2, 0.25) is 0 Å². The van der Waals surface area contributed by atoms with Crippen molar-refractivity contribution in [3.8, 4) is 0 Å². The van der Waals surface area contributed by atoms with E-state index >= 15 is 0 Å². The zero-order chi connectivity index (χ0) is 13.4. The van der Waals surface area contributed by atoms with Crippen molar-refractivity contribution < 1.29 is 14.3 Å². The van der Waals surface area contributed by atoms with Crippen molar-refractivity contribution in [3.05, 3.63) is 47.0 Å². The second-order valence-electron chi connectivity index (χ2n) is 5.91. The quantitative estimate of drug-likeness (QED) is 0.405. The maximum absolute atomic E-state index is 12.1. The number of carbonyl (C=O) groups is 2. The number of benzene rings is 1. The molecule has 4 aliphatic rings. The fourth-order valence-electron chi connectivity index (χ4n) is 4.18. The molecule has 4 atom stereocenters. The van der Waals surface area contributed by atoms with E-state index in [0.717, 1.165) is 0 Å². The summed E-state index contributed by atoms with van der Waals surface area (Å²) in [4.78, 5) is 24.1. The third-order valence-corrected chi connectivity index (χ3v) is 5.22. The van der Waals surface area contributed by atoms with Gasteiger partial charge in [-0.3, -0.25) is 9.59 Å². The minimum absolute atomic E-state index is 0.0121. The zero-order valence-corrected chi connectivity index (χ0v) is 10.8. The summed E-state index contributed by atoms with van der Waals surface area (Å²) in [6.45, 7) is 4.11. The topological polar surface area (TPSA) is 43.4 Å². The summed E-state index contributed by atoms with van der Waals surface area (Å²) in [6, 6.07) is 8.12. The Morgan fingerprint density at radius 2 is 1.89 bits per heavy atom. The van der Waals surface area contributed by atoms with Gasteiger partial charge >= 0.3 is 11.9 Å². The van der Waals surface area contributed by atoms with E-state index in [0.29, 0.717) is 0 Å². The van der Waals surface area contributed by atoms with Crippen LogP contribution in [-0.4, -0.2) is 11.9 Å². The average Bonchev–Trinajstić information content (AvgIpc) is 2.70. The van der Waals surface area contributed by atoms with E-state index in [9.17, 15) is 9.59 Å². The smallest absolute Gasteiger partial charge is 0.318 e. The number of hydrogen-bond donors (Lipinski definition) is 0. The molecule has 0 N–H and O–H groups in total. The molecule has 5 rings (SSSR count). The van der Waals surface area contributed by atoms with Crippen molar-refractivity contribution in [2.75, 3.05) is 0 Å². The summed E-state index contributed by atoms with van der Waals surface area (Å²) >= 11 is 0. The molecular formula is C16H14O3. The van der Waals surface area contributed by atoms with Crippen LogP contribution in [0.25, 0.3) is 0 Å². The molecule has 0 amide bonds. The molecule has 0 aromatic heterocycles. The van der Waals surface area contributed by atoms with Gasteiger partial charge in [-0.05, 0) is 18.1 Å². The van der Waals surface area contributed by atoms with Crippen LogP contribution in [0.5, 0.6) is 0 Å². The lowest BCUT2D eigenvalue weighted by Gasteiger charge is -2.49. The van der Waals surface area contributed by atoms with Crippen molar-refractivity contribution in [3.63, 3.8) is 0 Å². The van der Waals surface area contributed by atoms with Gasteiger partial charge in [-0.25, -0.2) is 0 Å². The van der Waals surface area contributed by atoms with E-state index in [4.69, 9.17) is 4.74 Å². The zero-order valence-electron chi connectivity index (χ0n) is 10.8. The van der Waals surface area contributed by atoms with E-state index in [2.05, 4.69) is 32.1 Å². The molecule has 3 heteroatoms. The molecule has 1 heterocycles. The van der Waals surface area contributed by atoms with Gasteiger partial charge in [-0.2, -0.15) is 0 Å². The van der Waals surface area contributed by atoms with Gasteiger partial charge in [-0.1, -0.05) is 42.8 Å². The van der Waals surface area contributed by atoms with Gasteiger partial charge < -0.3 is 4.74 Å². The van der Waals surface area contributed by atoms with E-state index in [1.807, 2.05) is 12.1 Å². The Hall–Kier alpha value is -1.90. The van der Waals surface area contributed by atoms with Crippen LogP contribution in [0.1, 0.15) is 30.9 Å². The molecule has 2 bridgehead atoms. The van der Waals surface area contributed by atoms with Gasteiger partial charge in [-0.15, -0.1) is 0 Å². The summed E-state index contributed by atoms with van der Waals surface area (Å²) in [5.74, 6) is -1.42. The van der Waals surface area contributed by atoms with Gasteiger partial charge in [0.15, 0.2) is 0 Å². The number of carbonyl (C=O) groups excluding carboxylic acids is 2. The molecule has 3 aliphatic carbocycles. The second-order valence-corrected chi connectivity index (χ2v) is 5.91. The molecule has 0 unspecified atom stereocenters.